The van der Waals surface area contributed by atoms with E-state index in [0.717, 1.165) is 10.4 Å². The molecule has 0 atom stereocenters. The van der Waals surface area contributed by atoms with Crippen LogP contribution in [0, 0.1) is 0 Å². The number of carbonyl (C=O) groups is 1. The van der Waals surface area contributed by atoms with E-state index in [4.69, 9.17) is 11.6 Å². The molecule has 0 saturated heterocycles. The lowest BCUT2D eigenvalue weighted by Gasteiger charge is -1.93. The molecular weight excluding hydrogens is 240 g/mol. The molecule has 1 nitrogen and oxygen atoms in total. The fraction of sp³-hybridized carbons (Fsp3) is 0. The highest BCUT2D eigenvalue weighted by Gasteiger charge is 2.01. The molecule has 0 bridgehead atoms. The van der Waals surface area contributed by atoms with E-state index >= 15 is 0 Å². The van der Waals surface area contributed by atoms with Gasteiger partial charge in [-0.3, -0.25) is 4.79 Å². The first-order valence-electron chi connectivity index (χ1n) is 4.77. The summed E-state index contributed by atoms with van der Waals surface area (Å²) in [5, 5.41) is 2.56. The Morgan fingerprint density at radius 1 is 1.25 bits per heavy atom. The molecule has 0 aliphatic rings. The summed E-state index contributed by atoms with van der Waals surface area (Å²) in [6.07, 6.45) is 3.34. The molecule has 2 aromatic rings. The summed E-state index contributed by atoms with van der Waals surface area (Å²) in [6, 6.07) is 11.1. The number of thiophene rings is 1. The van der Waals surface area contributed by atoms with Crippen LogP contribution in [0.2, 0.25) is 5.02 Å². The maximum absolute atomic E-state index is 11.7. The molecule has 0 spiro atoms. The van der Waals surface area contributed by atoms with Gasteiger partial charge in [-0.05, 0) is 35.2 Å². The molecule has 0 aliphatic carbocycles. The van der Waals surface area contributed by atoms with Crippen molar-refractivity contribution >= 4 is 34.8 Å². The maximum atomic E-state index is 11.7. The van der Waals surface area contributed by atoms with Crippen molar-refractivity contribution in [1.82, 2.24) is 0 Å². The van der Waals surface area contributed by atoms with Crippen LogP contribution in [0.25, 0.3) is 6.08 Å². The fourth-order valence-corrected chi connectivity index (χ4v) is 2.13. The summed E-state index contributed by atoms with van der Waals surface area (Å²) in [5.74, 6) is 0.0231. The van der Waals surface area contributed by atoms with Gasteiger partial charge in [-0.2, -0.15) is 0 Å². The summed E-state index contributed by atoms with van der Waals surface area (Å²) in [6.45, 7) is 0. The molecule has 16 heavy (non-hydrogen) atoms. The molecule has 1 aromatic carbocycles. The monoisotopic (exact) mass is 248 g/mol. The van der Waals surface area contributed by atoms with Gasteiger partial charge < -0.3 is 0 Å². The van der Waals surface area contributed by atoms with Crippen molar-refractivity contribution in [2.24, 2.45) is 0 Å². The predicted molar refractivity (Wildman–Crippen MR) is 69.1 cm³/mol. The standard InChI is InChI=1S/C13H9ClOS/c14-11-4-1-3-10(9-11)6-7-12(15)13-5-2-8-16-13/h1-9H. The van der Waals surface area contributed by atoms with Crippen molar-refractivity contribution < 1.29 is 4.79 Å². The minimum absolute atomic E-state index is 0.0231. The first-order valence-corrected chi connectivity index (χ1v) is 6.03. The molecule has 0 aliphatic heterocycles. The highest BCUT2D eigenvalue weighted by Crippen LogP contribution is 2.14. The van der Waals surface area contributed by atoms with Gasteiger partial charge in [-0.15, -0.1) is 11.3 Å². The van der Waals surface area contributed by atoms with Gasteiger partial charge in [0, 0.05) is 5.02 Å². The molecule has 1 heterocycles. The fourth-order valence-electron chi connectivity index (χ4n) is 1.28. The molecular formula is C13H9ClOS. The summed E-state index contributed by atoms with van der Waals surface area (Å²) in [5.41, 5.74) is 0.928. The average molecular weight is 249 g/mol. The van der Waals surface area contributed by atoms with Crippen molar-refractivity contribution in [2.45, 2.75) is 0 Å². The van der Waals surface area contributed by atoms with Crippen LogP contribution in [0.15, 0.2) is 47.9 Å². The third kappa shape index (κ3) is 2.81. The molecule has 0 saturated carbocycles. The Bertz CT molecular complexity index is 514. The SMILES string of the molecule is O=C(C=Cc1cccc(Cl)c1)c1cccs1. The van der Waals surface area contributed by atoms with Crippen LogP contribution in [0.4, 0.5) is 0 Å². The van der Waals surface area contributed by atoms with E-state index in [1.807, 2.05) is 35.7 Å². The lowest BCUT2D eigenvalue weighted by Crippen LogP contribution is -1.88. The van der Waals surface area contributed by atoms with E-state index in [0.29, 0.717) is 5.02 Å². The summed E-state index contributed by atoms with van der Waals surface area (Å²) < 4.78 is 0. The average Bonchev–Trinajstić information content (AvgIpc) is 2.79. The number of halogens is 1. The van der Waals surface area contributed by atoms with E-state index in [9.17, 15) is 4.79 Å². The Balaban J connectivity index is 2.13. The van der Waals surface area contributed by atoms with Crippen molar-refractivity contribution in [2.75, 3.05) is 0 Å². The lowest BCUT2D eigenvalue weighted by atomic mass is 10.2. The molecule has 0 unspecified atom stereocenters. The van der Waals surface area contributed by atoms with E-state index in [2.05, 4.69) is 0 Å². The van der Waals surface area contributed by atoms with E-state index < -0.39 is 0 Å². The summed E-state index contributed by atoms with van der Waals surface area (Å²) in [4.78, 5) is 12.4. The Kier molecular flexibility index (Phi) is 3.54. The molecule has 1 aromatic heterocycles. The maximum Gasteiger partial charge on any atom is 0.195 e. The van der Waals surface area contributed by atoms with Crippen LogP contribution in [-0.2, 0) is 0 Å². The van der Waals surface area contributed by atoms with Gasteiger partial charge in [0.25, 0.3) is 0 Å². The Morgan fingerprint density at radius 3 is 2.81 bits per heavy atom. The second-order valence-corrected chi connectivity index (χ2v) is 4.61. The van der Waals surface area contributed by atoms with E-state index in [1.165, 1.54) is 11.3 Å². The zero-order valence-corrected chi connectivity index (χ0v) is 9.96. The third-order valence-electron chi connectivity index (χ3n) is 2.04. The molecule has 80 valence electrons. The largest absolute Gasteiger partial charge is 0.288 e. The van der Waals surface area contributed by atoms with Crippen molar-refractivity contribution in [3.63, 3.8) is 0 Å². The normalized spacial score (nSPS) is 10.8. The molecule has 2 rings (SSSR count). The minimum Gasteiger partial charge on any atom is -0.288 e. The lowest BCUT2D eigenvalue weighted by molar-refractivity contribution is 0.105. The quantitative estimate of drug-likeness (QED) is 0.585. The van der Waals surface area contributed by atoms with Crippen LogP contribution < -0.4 is 0 Å². The van der Waals surface area contributed by atoms with Crippen LogP contribution >= 0.6 is 22.9 Å². The van der Waals surface area contributed by atoms with Gasteiger partial charge in [0.2, 0.25) is 0 Å². The van der Waals surface area contributed by atoms with Gasteiger partial charge in [0.05, 0.1) is 4.88 Å². The molecule has 3 heteroatoms. The first-order chi connectivity index (χ1) is 7.75. The number of hydrogen-bond donors (Lipinski definition) is 0. The smallest absolute Gasteiger partial charge is 0.195 e. The third-order valence-corrected chi connectivity index (χ3v) is 3.16. The molecule has 0 fully saturated rings. The van der Waals surface area contributed by atoms with Crippen molar-refractivity contribution in [3.05, 3.63) is 63.3 Å². The number of carbonyl (C=O) groups excluding carboxylic acids is 1. The van der Waals surface area contributed by atoms with Crippen molar-refractivity contribution in [3.8, 4) is 0 Å². The number of hydrogen-bond acceptors (Lipinski definition) is 2. The summed E-state index contributed by atoms with van der Waals surface area (Å²) >= 11 is 7.29. The van der Waals surface area contributed by atoms with Crippen LogP contribution in [0.1, 0.15) is 15.2 Å². The zero-order valence-electron chi connectivity index (χ0n) is 8.39. The van der Waals surface area contributed by atoms with Crippen molar-refractivity contribution in [1.29, 1.82) is 0 Å². The highest BCUT2D eigenvalue weighted by molar-refractivity contribution is 7.12. The van der Waals surface area contributed by atoms with Crippen LogP contribution in [0.5, 0.6) is 0 Å². The molecule has 0 amide bonds. The first kappa shape index (κ1) is 11.1. The topological polar surface area (TPSA) is 17.1 Å². The minimum atomic E-state index is 0.0231. The number of allylic oxidation sites excluding steroid dienone is 1. The van der Waals surface area contributed by atoms with Gasteiger partial charge in [-0.25, -0.2) is 0 Å². The van der Waals surface area contributed by atoms with Crippen LogP contribution in [-0.4, -0.2) is 5.78 Å². The Hall–Kier alpha value is -1.38. The number of rotatable bonds is 3. The van der Waals surface area contributed by atoms with Gasteiger partial charge >= 0.3 is 0 Å². The van der Waals surface area contributed by atoms with Gasteiger partial charge in [-0.1, -0.05) is 35.9 Å². The van der Waals surface area contributed by atoms with Gasteiger partial charge in [0.15, 0.2) is 5.78 Å². The predicted octanol–water partition coefficient (Wildman–Crippen LogP) is 4.30. The second kappa shape index (κ2) is 5.10. The summed E-state index contributed by atoms with van der Waals surface area (Å²) in [7, 11) is 0. The number of benzene rings is 1. The van der Waals surface area contributed by atoms with E-state index in [-0.39, 0.29) is 5.78 Å². The molecule has 0 radical (unpaired) electrons. The van der Waals surface area contributed by atoms with Gasteiger partial charge in [0.1, 0.15) is 0 Å². The van der Waals surface area contributed by atoms with E-state index in [1.54, 1.807) is 18.2 Å². The highest BCUT2D eigenvalue weighted by atomic mass is 35.5. The Labute approximate surface area is 103 Å². The molecule has 0 N–H and O–H groups in total. The van der Waals surface area contributed by atoms with Crippen LogP contribution in [0.3, 0.4) is 0 Å². The zero-order chi connectivity index (χ0) is 11.4. The second-order valence-electron chi connectivity index (χ2n) is 3.23. The Morgan fingerprint density at radius 2 is 2.12 bits per heavy atom. The number of ketones is 1.